The summed E-state index contributed by atoms with van der Waals surface area (Å²) < 4.78 is 23.7. The second-order valence-corrected chi connectivity index (χ2v) is 8.11. The minimum atomic E-state index is -0.153. The number of carbonyl (C=O) groups is 1. The molecule has 0 atom stereocenters. The van der Waals surface area contributed by atoms with E-state index < -0.39 is 0 Å². The topological polar surface area (TPSA) is 54.0 Å². The molecule has 0 aliphatic carbocycles. The lowest BCUT2D eigenvalue weighted by molar-refractivity contribution is -0.0165. The zero-order valence-electron chi connectivity index (χ0n) is 16.5. The number of rotatable bonds is 4. The number of hydrogen-bond donors (Lipinski definition) is 0. The Labute approximate surface area is 178 Å². The highest BCUT2D eigenvalue weighted by Crippen LogP contribution is 2.40. The normalized spacial score (nSPS) is 16.0. The van der Waals surface area contributed by atoms with Gasteiger partial charge in [-0.2, -0.15) is 0 Å². The van der Waals surface area contributed by atoms with Gasteiger partial charge in [-0.1, -0.05) is 21.5 Å². The van der Waals surface area contributed by atoms with E-state index in [-0.39, 0.29) is 18.3 Å². The van der Waals surface area contributed by atoms with Crippen LogP contribution in [0.5, 0.6) is 17.2 Å². The Morgan fingerprint density at radius 3 is 2.86 bits per heavy atom. The Kier molecular flexibility index (Phi) is 5.48. The third kappa shape index (κ3) is 3.95. The van der Waals surface area contributed by atoms with E-state index in [0.29, 0.717) is 36.0 Å². The molecule has 0 amide bonds. The summed E-state index contributed by atoms with van der Waals surface area (Å²) in [5.74, 6) is 2.07. The number of fused-ring (bicyclic) bond motifs is 2. The Balaban J connectivity index is 1.66. The summed E-state index contributed by atoms with van der Waals surface area (Å²) in [6, 6.07) is 7.42. The average molecular weight is 457 g/mol. The van der Waals surface area contributed by atoms with Gasteiger partial charge in [-0.05, 0) is 57.2 Å². The van der Waals surface area contributed by atoms with E-state index in [1.54, 1.807) is 12.1 Å². The zero-order valence-corrected chi connectivity index (χ0v) is 18.1. The van der Waals surface area contributed by atoms with Crippen LogP contribution in [0.25, 0.3) is 6.08 Å². The van der Waals surface area contributed by atoms with Gasteiger partial charge in [-0.15, -0.1) is 0 Å². The number of halogens is 1. The quantitative estimate of drug-likeness (QED) is 0.443. The number of ketones is 1. The van der Waals surface area contributed by atoms with E-state index in [0.717, 1.165) is 21.2 Å². The fraction of sp³-hybridized carbons (Fsp3) is 0.261. The molecular formula is C23H21BrO5. The molecule has 6 heteroatoms. The molecule has 150 valence electrons. The first-order valence-electron chi connectivity index (χ1n) is 9.31. The Bertz CT molecular complexity index is 1050. The number of allylic oxidation sites excluding steroid dienone is 2. The molecule has 2 aromatic carbocycles. The Morgan fingerprint density at radius 1 is 1.24 bits per heavy atom. The maximum Gasteiger partial charge on any atom is 0.231 e. The zero-order chi connectivity index (χ0) is 20.5. The van der Waals surface area contributed by atoms with Gasteiger partial charge in [-0.3, -0.25) is 4.79 Å². The van der Waals surface area contributed by atoms with Gasteiger partial charge < -0.3 is 18.9 Å². The molecule has 0 radical (unpaired) electrons. The van der Waals surface area contributed by atoms with Crippen LogP contribution in [0.15, 0.2) is 46.1 Å². The van der Waals surface area contributed by atoms with Gasteiger partial charge >= 0.3 is 0 Å². The van der Waals surface area contributed by atoms with Gasteiger partial charge in [-0.25, -0.2) is 0 Å². The molecule has 0 N–H and O–H groups in total. The number of Topliss-reactive ketones (excluding diaryl/α,β-unsaturated/α-hetero) is 1. The predicted octanol–water partition coefficient (Wildman–Crippen LogP) is 5.59. The van der Waals surface area contributed by atoms with Crippen molar-refractivity contribution in [3.8, 4) is 17.2 Å². The van der Waals surface area contributed by atoms with Gasteiger partial charge in [0.05, 0.1) is 12.2 Å². The lowest BCUT2D eigenvalue weighted by Gasteiger charge is -2.20. The lowest BCUT2D eigenvalue weighted by atomic mass is 10.0. The maximum atomic E-state index is 12.9. The minimum absolute atomic E-state index is 0.153. The number of ether oxygens (including phenoxy) is 4. The summed E-state index contributed by atoms with van der Waals surface area (Å²) in [6.45, 7) is 7.07. The van der Waals surface area contributed by atoms with Crippen molar-refractivity contribution in [2.45, 2.75) is 27.4 Å². The van der Waals surface area contributed by atoms with Crippen LogP contribution in [0, 0.1) is 6.92 Å². The molecule has 0 spiro atoms. The summed E-state index contributed by atoms with van der Waals surface area (Å²) in [4.78, 5) is 12.9. The summed E-state index contributed by atoms with van der Waals surface area (Å²) in [5, 5.41) is 0. The van der Waals surface area contributed by atoms with Crippen LogP contribution in [0.1, 0.15) is 40.9 Å². The molecule has 2 aromatic rings. The third-order valence-corrected chi connectivity index (χ3v) is 5.21. The summed E-state index contributed by atoms with van der Waals surface area (Å²) in [7, 11) is 0. The maximum absolute atomic E-state index is 12.9. The summed E-state index contributed by atoms with van der Waals surface area (Å²) in [6.07, 6.45) is 3.73. The summed E-state index contributed by atoms with van der Waals surface area (Å²) in [5.41, 5.74) is 4.22. The molecule has 0 bridgehead atoms. The van der Waals surface area contributed by atoms with Crippen LogP contribution >= 0.6 is 15.9 Å². The van der Waals surface area contributed by atoms with Gasteiger partial charge in [0.25, 0.3) is 0 Å². The first-order valence-corrected chi connectivity index (χ1v) is 10.1. The molecule has 5 nitrogen and oxygen atoms in total. The second-order valence-electron chi connectivity index (χ2n) is 7.19. The highest BCUT2D eigenvalue weighted by atomic mass is 79.9. The molecule has 2 heterocycles. The molecule has 0 fully saturated rings. The standard InChI is InChI=1S/C23H21BrO5/c1-13(2)6-7-27-19-5-4-18-21(25)20(29-22(18)14(19)3)10-15-8-17(24)9-16-11-26-12-28-23(15)16/h4-6,8-10H,7,11-12H2,1-3H3/b20-10-. The largest absolute Gasteiger partial charge is 0.489 e. The molecule has 4 rings (SSSR count). The molecule has 0 saturated carbocycles. The molecule has 0 unspecified atom stereocenters. The van der Waals surface area contributed by atoms with E-state index in [2.05, 4.69) is 15.9 Å². The third-order valence-electron chi connectivity index (χ3n) is 4.76. The van der Waals surface area contributed by atoms with E-state index in [1.807, 2.05) is 45.0 Å². The van der Waals surface area contributed by atoms with Crippen LogP contribution in [-0.4, -0.2) is 19.2 Å². The fourth-order valence-corrected chi connectivity index (χ4v) is 3.80. The van der Waals surface area contributed by atoms with Crippen molar-refractivity contribution in [3.63, 3.8) is 0 Å². The van der Waals surface area contributed by atoms with E-state index >= 15 is 0 Å². The van der Waals surface area contributed by atoms with Crippen LogP contribution in [0.4, 0.5) is 0 Å². The van der Waals surface area contributed by atoms with E-state index in [1.165, 1.54) is 5.57 Å². The molecule has 2 aliphatic heterocycles. The van der Waals surface area contributed by atoms with Crippen molar-refractivity contribution >= 4 is 27.8 Å². The minimum Gasteiger partial charge on any atom is -0.489 e. The van der Waals surface area contributed by atoms with Gasteiger partial charge in [0.15, 0.2) is 12.6 Å². The van der Waals surface area contributed by atoms with E-state index in [9.17, 15) is 4.79 Å². The van der Waals surface area contributed by atoms with Crippen LogP contribution in [0.3, 0.4) is 0 Å². The van der Waals surface area contributed by atoms with Crippen molar-refractivity contribution in [1.82, 2.24) is 0 Å². The van der Waals surface area contributed by atoms with E-state index in [4.69, 9.17) is 18.9 Å². The van der Waals surface area contributed by atoms with Crippen LogP contribution in [0.2, 0.25) is 0 Å². The first kappa shape index (κ1) is 19.7. The van der Waals surface area contributed by atoms with Crippen molar-refractivity contribution in [1.29, 1.82) is 0 Å². The highest BCUT2D eigenvalue weighted by Gasteiger charge is 2.30. The van der Waals surface area contributed by atoms with Crippen molar-refractivity contribution < 1.29 is 23.7 Å². The average Bonchev–Trinajstić information content (AvgIpc) is 3.00. The van der Waals surface area contributed by atoms with Gasteiger partial charge in [0.1, 0.15) is 23.9 Å². The smallest absolute Gasteiger partial charge is 0.231 e. The van der Waals surface area contributed by atoms with Crippen molar-refractivity contribution in [2.75, 3.05) is 13.4 Å². The monoisotopic (exact) mass is 456 g/mol. The first-order chi connectivity index (χ1) is 13.9. The molecule has 2 aliphatic rings. The summed E-state index contributed by atoms with van der Waals surface area (Å²) >= 11 is 3.50. The van der Waals surface area contributed by atoms with Crippen LogP contribution < -0.4 is 14.2 Å². The fourth-order valence-electron chi connectivity index (χ4n) is 3.28. The molecular weight excluding hydrogens is 436 g/mol. The Hall–Kier alpha value is -2.57. The molecule has 29 heavy (non-hydrogen) atoms. The lowest BCUT2D eigenvalue weighted by Crippen LogP contribution is -2.12. The number of benzene rings is 2. The second kappa shape index (κ2) is 8.05. The van der Waals surface area contributed by atoms with Crippen molar-refractivity contribution in [2.24, 2.45) is 0 Å². The predicted molar refractivity (Wildman–Crippen MR) is 113 cm³/mol. The van der Waals surface area contributed by atoms with Crippen LogP contribution in [-0.2, 0) is 11.3 Å². The SMILES string of the molecule is CC(C)=CCOc1ccc2c(c1C)O/C(=C\c1cc(Br)cc3c1OCOC3)C2=O. The van der Waals surface area contributed by atoms with Gasteiger partial charge in [0.2, 0.25) is 5.78 Å². The number of carbonyl (C=O) groups excluding carboxylic acids is 1. The highest BCUT2D eigenvalue weighted by molar-refractivity contribution is 9.10. The Morgan fingerprint density at radius 2 is 2.07 bits per heavy atom. The molecule has 0 aromatic heterocycles. The molecule has 0 saturated heterocycles. The number of hydrogen-bond acceptors (Lipinski definition) is 5. The van der Waals surface area contributed by atoms with Crippen molar-refractivity contribution in [3.05, 3.63) is 68.4 Å². The van der Waals surface area contributed by atoms with Gasteiger partial charge in [0, 0.05) is 21.2 Å².